The summed E-state index contributed by atoms with van der Waals surface area (Å²) in [5.41, 5.74) is 6.59. The molecule has 0 bridgehead atoms. The van der Waals surface area contributed by atoms with E-state index in [2.05, 4.69) is 15.5 Å². The molecule has 0 aliphatic heterocycles. The van der Waals surface area contributed by atoms with Crippen LogP contribution in [0.3, 0.4) is 0 Å². The number of nitrogens with zero attached hydrogens (tertiary/aromatic N) is 2. The van der Waals surface area contributed by atoms with Crippen LogP contribution in [0.1, 0.15) is 15.4 Å². The van der Waals surface area contributed by atoms with Crippen LogP contribution < -0.4 is 11.1 Å². The predicted molar refractivity (Wildman–Crippen MR) is 66.8 cm³/mol. The molecule has 0 saturated carbocycles. The second kappa shape index (κ2) is 5.40. The lowest BCUT2D eigenvalue weighted by atomic mass is 10.1. The normalized spacial score (nSPS) is 10.1. The summed E-state index contributed by atoms with van der Waals surface area (Å²) in [6.07, 6.45) is 0.793. The van der Waals surface area contributed by atoms with Crippen LogP contribution in [0.2, 0.25) is 0 Å². The van der Waals surface area contributed by atoms with Crippen LogP contribution in [0.15, 0.2) is 30.3 Å². The smallest absolute Gasteiger partial charge is 0.282 e. The zero-order chi connectivity index (χ0) is 12.1. The second-order valence-electron chi connectivity index (χ2n) is 3.44. The van der Waals surface area contributed by atoms with Gasteiger partial charge in [-0.1, -0.05) is 41.7 Å². The molecule has 2 aromatic rings. The molecule has 0 fully saturated rings. The molecule has 0 unspecified atom stereocenters. The largest absolute Gasteiger partial charge is 0.374 e. The molecule has 1 aromatic heterocycles. The first-order valence-corrected chi connectivity index (χ1v) is 5.98. The van der Waals surface area contributed by atoms with Crippen LogP contribution in [0, 0.1) is 0 Å². The molecule has 0 spiro atoms. The maximum Gasteiger partial charge on any atom is 0.282 e. The lowest BCUT2D eigenvalue weighted by Crippen LogP contribution is -2.25. The number of nitrogens with two attached hydrogens (primary N) is 1. The Morgan fingerprint density at radius 3 is 2.71 bits per heavy atom. The first-order chi connectivity index (χ1) is 8.25. The number of carbonyl (C=O) groups is 1. The van der Waals surface area contributed by atoms with Crippen molar-refractivity contribution in [2.75, 3.05) is 12.3 Å². The number of nitrogens with one attached hydrogen (secondary N) is 1. The van der Waals surface area contributed by atoms with Crippen LogP contribution >= 0.6 is 11.3 Å². The second-order valence-corrected chi connectivity index (χ2v) is 4.45. The summed E-state index contributed by atoms with van der Waals surface area (Å²) in [4.78, 5) is 11.6. The molecule has 17 heavy (non-hydrogen) atoms. The quantitative estimate of drug-likeness (QED) is 0.848. The maximum atomic E-state index is 11.6. The summed E-state index contributed by atoms with van der Waals surface area (Å²) in [7, 11) is 0. The van der Waals surface area contributed by atoms with Crippen molar-refractivity contribution >= 4 is 22.4 Å². The van der Waals surface area contributed by atoms with Crippen molar-refractivity contribution in [3.8, 4) is 0 Å². The van der Waals surface area contributed by atoms with Gasteiger partial charge in [0.25, 0.3) is 5.91 Å². The monoisotopic (exact) mass is 248 g/mol. The molecule has 0 aliphatic rings. The first-order valence-electron chi connectivity index (χ1n) is 5.17. The van der Waals surface area contributed by atoms with E-state index in [1.54, 1.807) is 0 Å². The number of amides is 1. The van der Waals surface area contributed by atoms with Crippen molar-refractivity contribution < 1.29 is 4.79 Å². The first kappa shape index (κ1) is 11.5. The number of anilines is 1. The van der Waals surface area contributed by atoms with Crippen molar-refractivity contribution in [1.29, 1.82) is 0 Å². The Morgan fingerprint density at radius 2 is 2.06 bits per heavy atom. The molecular weight excluding hydrogens is 236 g/mol. The zero-order valence-electron chi connectivity index (χ0n) is 9.09. The molecule has 88 valence electrons. The summed E-state index contributed by atoms with van der Waals surface area (Å²) in [5, 5.41) is 10.6. The van der Waals surface area contributed by atoms with E-state index in [0.717, 1.165) is 17.8 Å². The van der Waals surface area contributed by atoms with Gasteiger partial charge in [-0.25, -0.2) is 0 Å². The topological polar surface area (TPSA) is 80.9 Å². The molecule has 2 rings (SSSR count). The maximum absolute atomic E-state index is 11.6. The lowest BCUT2D eigenvalue weighted by Gasteiger charge is -2.02. The minimum Gasteiger partial charge on any atom is -0.374 e. The standard InChI is InChI=1S/C11H12N4OS/c12-11-15-14-10(17-11)9(16)13-7-6-8-4-2-1-3-5-8/h1-5H,6-7H2,(H2,12,15)(H,13,16). The average molecular weight is 248 g/mol. The highest BCUT2D eigenvalue weighted by atomic mass is 32.1. The molecule has 0 saturated heterocycles. The van der Waals surface area contributed by atoms with Crippen molar-refractivity contribution in [3.05, 3.63) is 40.9 Å². The van der Waals surface area contributed by atoms with Gasteiger partial charge in [-0.15, -0.1) is 10.2 Å². The van der Waals surface area contributed by atoms with Crippen molar-refractivity contribution in [2.24, 2.45) is 0 Å². The Kier molecular flexibility index (Phi) is 3.66. The third-order valence-electron chi connectivity index (χ3n) is 2.18. The van der Waals surface area contributed by atoms with Crippen LogP contribution in [0.25, 0.3) is 0 Å². The van der Waals surface area contributed by atoms with Gasteiger partial charge in [0.2, 0.25) is 10.1 Å². The number of hydrogen-bond donors (Lipinski definition) is 2. The lowest BCUT2D eigenvalue weighted by molar-refractivity contribution is 0.0953. The minimum absolute atomic E-state index is 0.227. The number of nitrogen functional groups attached to an aromatic ring is 1. The van der Waals surface area contributed by atoms with Crippen LogP contribution in [0.4, 0.5) is 5.13 Å². The van der Waals surface area contributed by atoms with Gasteiger partial charge in [0.1, 0.15) is 0 Å². The summed E-state index contributed by atoms with van der Waals surface area (Å²) >= 11 is 1.09. The molecule has 0 aliphatic carbocycles. The van der Waals surface area contributed by atoms with E-state index in [0.29, 0.717) is 16.7 Å². The number of aromatic nitrogens is 2. The summed E-state index contributed by atoms with van der Waals surface area (Å²) in [5.74, 6) is -0.227. The van der Waals surface area contributed by atoms with E-state index in [4.69, 9.17) is 5.73 Å². The minimum atomic E-state index is -0.227. The highest BCUT2D eigenvalue weighted by Gasteiger charge is 2.10. The van der Waals surface area contributed by atoms with Gasteiger partial charge in [0, 0.05) is 6.54 Å². The van der Waals surface area contributed by atoms with Gasteiger partial charge < -0.3 is 11.1 Å². The third-order valence-corrected chi connectivity index (χ3v) is 2.93. The molecule has 3 N–H and O–H groups in total. The molecule has 5 nitrogen and oxygen atoms in total. The molecule has 6 heteroatoms. The zero-order valence-corrected chi connectivity index (χ0v) is 9.91. The Labute approximate surface area is 103 Å². The highest BCUT2D eigenvalue weighted by molar-refractivity contribution is 7.16. The van der Waals surface area contributed by atoms with Crippen molar-refractivity contribution in [2.45, 2.75) is 6.42 Å². The molecule has 1 amide bonds. The Hall–Kier alpha value is -1.95. The van der Waals surface area contributed by atoms with E-state index in [-0.39, 0.29) is 5.91 Å². The van der Waals surface area contributed by atoms with E-state index >= 15 is 0 Å². The van der Waals surface area contributed by atoms with Crippen LogP contribution in [-0.2, 0) is 6.42 Å². The van der Waals surface area contributed by atoms with Gasteiger partial charge in [-0.05, 0) is 12.0 Å². The number of carbonyl (C=O) groups excluding carboxylic acids is 1. The van der Waals surface area contributed by atoms with Crippen molar-refractivity contribution in [3.63, 3.8) is 0 Å². The third kappa shape index (κ3) is 3.25. The molecule has 1 aromatic carbocycles. The number of hydrogen-bond acceptors (Lipinski definition) is 5. The predicted octanol–water partition coefficient (Wildman–Crippen LogP) is 1.09. The van der Waals surface area contributed by atoms with Crippen LogP contribution in [-0.4, -0.2) is 22.6 Å². The molecule has 0 atom stereocenters. The van der Waals surface area contributed by atoms with Gasteiger partial charge in [0.05, 0.1) is 0 Å². The van der Waals surface area contributed by atoms with Gasteiger partial charge >= 0.3 is 0 Å². The Bertz CT molecular complexity index is 497. The van der Waals surface area contributed by atoms with Gasteiger partial charge in [-0.3, -0.25) is 4.79 Å². The number of benzene rings is 1. The van der Waals surface area contributed by atoms with E-state index in [9.17, 15) is 4.79 Å². The van der Waals surface area contributed by atoms with Crippen molar-refractivity contribution in [1.82, 2.24) is 15.5 Å². The summed E-state index contributed by atoms with van der Waals surface area (Å²) < 4.78 is 0. The Balaban J connectivity index is 1.81. The number of rotatable bonds is 4. The SMILES string of the molecule is Nc1nnc(C(=O)NCCc2ccccc2)s1. The fourth-order valence-corrected chi connectivity index (χ4v) is 1.89. The summed E-state index contributed by atoms with van der Waals surface area (Å²) in [6, 6.07) is 9.96. The van der Waals surface area contributed by atoms with E-state index < -0.39 is 0 Å². The fraction of sp³-hybridized carbons (Fsp3) is 0.182. The Morgan fingerprint density at radius 1 is 1.29 bits per heavy atom. The summed E-state index contributed by atoms with van der Waals surface area (Å²) in [6.45, 7) is 0.572. The van der Waals surface area contributed by atoms with Gasteiger partial charge in [0.15, 0.2) is 0 Å². The highest BCUT2D eigenvalue weighted by Crippen LogP contribution is 2.10. The van der Waals surface area contributed by atoms with E-state index in [1.165, 1.54) is 5.56 Å². The van der Waals surface area contributed by atoms with Crippen LogP contribution in [0.5, 0.6) is 0 Å². The fourth-order valence-electron chi connectivity index (χ4n) is 1.37. The average Bonchev–Trinajstić information content (AvgIpc) is 2.77. The van der Waals surface area contributed by atoms with Gasteiger partial charge in [-0.2, -0.15) is 0 Å². The molecule has 0 radical (unpaired) electrons. The molecular formula is C11H12N4OS. The molecule has 1 heterocycles. The van der Waals surface area contributed by atoms with E-state index in [1.807, 2.05) is 30.3 Å².